The van der Waals surface area contributed by atoms with E-state index in [-0.39, 0.29) is 17.0 Å². The molecule has 5 heteroatoms. The van der Waals surface area contributed by atoms with Gasteiger partial charge in [-0.05, 0) is 55.6 Å². The second kappa shape index (κ2) is 5.16. The zero-order valence-corrected chi connectivity index (χ0v) is 14.7. The van der Waals surface area contributed by atoms with Crippen molar-refractivity contribution in [3.63, 3.8) is 0 Å². The van der Waals surface area contributed by atoms with Crippen molar-refractivity contribution >= 4 is 17.3 Å². The summed E-state index contributed by atoms with van der Waals surface area (Å²) in [5.41, 5.74) is 2.12. The highest BCUT2D eigenvalue weighted by Crippen LogP contribution is 2.65. The van der Waals surface area contributed by atoms with Crippen LogP contribution in [0, 0.1) is 40.7 Å². The molecule has 128 valence electrons. The molecular formula is C19H24N2O3. The van der Waals surface area contributed by atoms with Gasteiger partial charge in [0.2, 0.25) is 5.91 Å². The van der Waals surface area contributed by atoms with Crippen LogP contribution in [0.3, 0.4) is 0 Å². The summed E-state index contributed by atoms with van der Waals surface area (Å²) >= 11 is 0. The third kappa shape index (κ3) is 2.18. The third-order valence-electron chi connectivity index (χ3n) is 6.22. The lowest BCUT2D eigenvalue weighted by atomic mass is 9.68. The zero-order valence-electron chi connectivity index (χ0n) is 14.7. The molecular weight excluding hydrogens is 304 g/mol. The molecule has 24 heavy (non-hydrogen) atoms. The van der Waals surface area contributed by atoms with E-state index in [9.17, 15) is 14.9 Å². The number of carbonyl (C=O) groups is 1. The number of carbonyl (C=O) groups excluding carboxylic acids is 1. The number of hydrogen-bond acceptors (Lipinski definition) is 3. The number of benzene rings is 1. The van der Waals surface area contributed by atoms with Gasteiger partial charge in [-0.1, -0.05) is 32.1 Å². The first-order valence-corrected chi connectivity index (χ1v) is 8.36. The molecule has 3 rings (SSSR count). The standard InChI is InChI=1S/C19H24N2O3/c1-11-8-12(2)16(15(9-11)21(23)24)20-17(22)19-7-6-14(10-19)18(4,5)13(19)3/h8-9,14H,3,6-7,10H2,1-2,4-5H3,(H,20,22)/t14-,19-/m1/s1. The van der Waals surface area contributed by atoms with E-state index in [1.807, 2.05) is 13.0 Å². The van der Waals surface area contributed by atoms with E-state index < -0.39 is 10.3 Å². The summed E-state index contributed by atoms with van der Waals surface area (Å²) in [5.74, 6) is 0.320. The van der Waals surface area contributed by atoms with Gasteiger partial charge in [0, 0.05) is 6.07 Å². The Kier molecular flexibility index (Phi) is 3.59. The van der Waals surface area contributed by atoms with Crippen molar-refractivity contribution in [3.05, 3.63) is 45.5 Å². The molecule has 0 heterocycles. The molecule has 0 aliphatic heterocycles. The molecule has 2 aliphatic carbocycles. The molecule has 2 aliphatic rings. The van der Waals surface area contributed by atoms with Crippen molar-refractivity contribution < 1.29 is 9.72 Å². The lowest BCUT2D eigenvalue weighted by molar-refractivity contribution is -0.384. The predicted octanol–water partition coefficient (Wildman–Crippen LogP) is 4.53. The molecule has 2 bridgehead atoms. The summed E-state index contributed by atoms with van der Waals surface area (Å²) < 4.78 is 0. The lowest BCUT2D eigenvalue weighted by Crippen LogP contribution is -2.37. The van der Waals surface area contributed by atoms with Gasteiger partial charge in [0.25, 0.3) is 5.69 Å². The minimum absolute atomic E-state index is 0.0466. The Bertz CT molecular complexity index is 766. The van der Waals surface area contributed by atoms with E-state index in [4.69, 9.17) is 0 Å². The molecule has 1 aromatic rings. The summed E-state index contributed by atoms with van der Waals surface area (Å²) in [7, 11) is 0. The monoisotopic (exact) mass is 328 g/mol. The maximum Gasteiger partial charge on any atom is 0.293 e. The molecule has 0 aromatic heterocycles. The molecule has 0 saturated heterocycles. The number of aryl methyl sites for hydroxylation is 2. The first kappa shape index (κ1) is 16.7. The average Bonchev–Trinajstić information content (AvgIpc) is 3.01. The Hall–Kier alpha value is -2.17. The highest BCUT2D eigenvalue weighted by Gasteiger charge is 2.61. The van der Waals surface area contributed by atoms with Crippen LogP contribution in [0.25, 0.3) is 0 Å². The molecule has 2 saturated carbocycles. The van der Waals surface area contributed by atoms with Gasteiger partial charge in [-0.3, -0.25) is 14.9 Å². The summed E-state index contributed by atoms with van der Waals surface area (Å²) in [6.45, 7) is 12.1. The summed E-state index contributed by atoms with van der Waals surface area (Å²) in [6, 6.07) is 3.36. The fraction of sp³-hybridized carbons (Fsp3) is 0.526. The Morgan fingerprint density at radius 2 is 2.04 bits per heavy atom. The highest BCUT2D eigenvalue weighted by atomic mass is 16.6. The van der Waals surface area contributed by atoms with Crippen molar-refractivity contribution in [2.45, 2.75) is 47.0 Å². The van der Waals surface area contributed by atoms with E-state index >= 15 is 0 Å². The number of anilines is 1. The molecule has 0 spiro atoms. The number of nitro groups is 1. The third-order valence-corrected chi connectivity index (χ3v) is 6.22. The number of nitrogens with zero attached hydrogens (tertiary/aromatic N) is 1. The molecule has 5 nitrogen and oxygen atoms in total. The van der Waals surface area contributed by atoms with Gasteiger partial charge in [-0.15, -0.1) is 0 Å². The van der Waals surface area contributed by atoms with Crippen LogP contribution >= 0.6 is 0 Å². The van der Waals surface area contributed by atoms with Gasteiger partial charge in [-0.25, -0.2) is 0 Å². The highest BCUT2D eigenvalue weighted by molar-refractivity contribution is 6.00. The van der Waals surface area contributed by atoms with Gasteiger partial charge in [0.05, 0.1) is 10.3 Å². The Morgan fingerprint density at radius 1 is 1.38 bits per heavy atom. The van der Waals surface area contributed by atoms with E-state index in [1.54, 1.807) is 6.92 Å². The Labute approximate surface area is 142 Å². The van der Waals surface area contributed by atoms with Crippen LogP contribution in [0.2, 0.25) is 0 Å². The van der Waals surface area contributed by atoms with Crippen LogP contribution in [-0.2, 0) is 4.79 Å². The fourth-order valence-electron chi connectivity index (χ4n) is 4.63. The largest absolute Gasteiger partial charge is 0.319 e. The second-order valence-electron chi connectivity index (χ2n) is 7.91. The number of hydrogen-bond donors (Lipinski definition) is 1. The number of amides is 1. The van der Waals surface area contributed by atoms with E-state index in [1.165, 1.54) is 6.07 Å². The van der Waals surface area contributed by atoms with Crippen LogP contribution in [0.1, 0.15) is 44.2 Å². The van der Waals surface area contributed by atoms with Gasteiger partial charge < -0.3 is 5.32 Å². The number of nitrogens with one attached hydrogen (secondary N) is 1. The van der Waals surface area contributed by atoms with Crippen LogP contribution in [0.4, 0.5) is 11.4 Å². The summed E-state index contributed by atoms with van der Waals surface area (Å²) in [6.07, 6.45) is 2.59. The fourth-order valence-corrected chi connectivity index (χ4v) is 4.63. The maximum absolute atomic E-state index is 13.1. The van der Waals surface area contributed by atoms with Crippen molar-refractivity contribution in [2.24, 2.45) is 16.7 Å². The van der Waals surface area contributed by atoms with Gasteiger partial charge >= 0.3 is 0 Å². The van der Waals surface area contributed by atoms with E-state index in [0.29, 0.717) is 17.2 Å². The first-order valence-electron chi connectivity index (χ1n) is 8.36. The smallest absolute Gasteiger partial charge is 0.293 e. The van der Waals surface area contributed by atoms with Crippen molar-refractivity contribution in [2.75, 3.05) is 5.32 Å². The number of rotatable bonds is 3. The number of fused-ring (bicyclic) bond motifs is 2. The minimum atomic E-state index is -0.584. The van der Waals surface area contributed by atoms with Crippen LogP contribution in [-0.4, -0.2) is 10.8 Å². The second-order valence-corrected chi connectivity index (χ2v) is 7.91. The predicted molar refractivity (Wildman–Crippen MR) is 93.9 cm³/mol. The molecule has 1 amide bonds. The van der Waals surface area contributed by atoms with Crippen molar-refractivity contribution in [1.29, 1.82) is 0 Å². The summed E-state index contributed by atoms with van der Waals surface area (Å²) in [5, 5.41) is 14.3. The molecule has 0 unspecified atom stereocenters. The van der Waals surface area contributed by atoms with Crippen LogP contribution in [0.5, 0.6) is 0 Å². The molecule has 1 aromatic carbocycles. The molecule has 0 radical (unpaired) electrons. The molecule has 1 N–H and O–H groups in total. The number of nitro benzene ring substituents is 1. The normalized spacial score (nSPS) is 27.3. The zero-order chi connectivity index (χ0) is 17.9. The Morgan fingerprint density at radius 3 is 2.58 bits per heavy atom. The SMILES string of the molecule is C=C1C(C)(C)[C@@H]2CC[C@@]1(C(=O)Nc1c(C)cc(C)cc1[N+](=O)[O-])C2. The molecule has 2 atom stereocenters. The van der Waals surface area contributed by atoms with Crippen LogP contribution in [0.15, 0.2) is 24.3 Å². The van der Waals surface area contributed by atoms with E-state index in [2.05, 4.69) is 25.7 Å². The van der Waals surface area contributed by atoms with Crippen molar-refractivity contribution in [3.8, 4) is 0 Å². The quantitative estimate of drug-likeness (QED) is 0.503. The van der Waals surface area contributed by atoms with Gasteiger partial charge in [0.15, 0.2) is 0 Å². The van der Waals surface area contributed by atoms with Crippen LogP contribution < -0.4 is 5.32 Å². The minimum Gasteiger partial charge on any atom is -0.319 e. The maximum atomic E-state index is 13.1. The topological polar surface area (TPSA) is 72.2 Å². The van der Waals surface area contributed by atoms with Crippen molar-refractivity contribution in [1.82, 2.24) is 0 Å². The van der Waals surface area contributed by atoms with Gasteiger partial charge in [0.1, 0.15) is 5.69 Å². The average molecular weight is 328 g/mol. The lowest BCUT2D eigenvalue weighted by Gasteiger charge is -2.37. The Balaban J connectivity index is 1.97. The molecule has 2 fully saturated rings. The van der Waals surface area contributed by atoms with Gasteiger partial charge in [-0.2, -0.15) is 0 Å². The van der Waals surface area contributed by atoms with E-state index in [0.717, 1.165) is 30.4 Å². The summed E-state index contributed by atoms with van der Waals surface area (Å²) in [4.78, 5) is 24.1. The first-order chi connectivity index (χ1) is 11.1.